The fraction of sp³-hybridized carbons (Fsp3) is 0.542. The molecule has 0 unspecified atom stereocenters. The molecule has 160 valence electrons. The van der Waals surface area contributed by atoms with Crippen molar-refractivity contribution in [3.63, 3.8) is 0 Å². The number of hydrogen-bond donors (Lipinski definition) is 0. The molecule has 2 aromatic rings. The van der Waals surface area contributed by atoms with Gasteiger partial charge >= 0.3 is 0 Å². The van der Waals surface area contributed by atoms with E-state index in [0.29, 0.717) is 12.6 Å². The Kier molecular flexibility index (Phi) is 7.07. The van der Waals surface area contributed by atoms with Crippen LogP contribution in [0.4, 0.5) is 0 Å². The van der Waals surface area contributed by atoms with Gasteiger partial charge in [0.15, 0.2) is 0 Å². The Morgan fingerprint density at radius 1 is 1.03 bits per heavy atom. The van der Waals surface area contributed by atoms with Gasteiger partial charge in [-0.3, -0.25) is 24.6 Å². The van der Waals surface area contributed by atoms with Crippen LogP contribution in [-0.4, -0.2) is 69.8 Å². The highest BCUT2D eigenvalue weighted by atomic mass is 16.2. The summed E-state index contributed by atoms with van der Waals surface area (Å²) in [5.41, 5.74) is 2.37. The summed E-state index contributed by atoms with van der Waals surface area (Å²) in [5.74, 6) is 0.395. The lowest BCUT2D eigenvalue weighted by Gasteiger charge is -2.42. The number of hydrogen-bond acceptors (Lipinski definition) is 5. The smallest absolute Gasteiger partial charge is 0.227 e. The van der Waals surface area contributed by atoms with E-state index >= 15 is 0 Å². The summed E-state index contributed by atoms with van der Waals surface area (Å²) in [7, 11) is 1.92. The predicted octanol–water partition coefficient (Wildman–Crippen LogP) is 2.81. The fourth-order valence-electron chi connectivity index (χ4n) is 4.89. The van der Waals surface area contributed by atoms with Gasteiger partial charge in [-0.25, -0.2) is 0 Å². The maximum Gasteiger partial charge on any atom is 0.227 e. The Morgan fingerprint density at radius 3 is 2.40 bits per heavy atom. The number of pyridine rings is 2. The second kappa shape index (κ2) is 10.1. The van der Waals surface area contributed by atoms with Gasteiger partial charge in [0.1, 0.15) is 0 Å². The topological polar surface area (TPSA) is 52.6 Å². The summed E-state index contributed by atoms with van der Waals surface area (Å²) in [6, 6.07) is 8.73. The van der Waals surface area contributed by atoms with E-state index < -0.39 is 0 Å². The largest absolute Gasteiger partial charge is 0.341 e. The van der Waals surface area contributed by atoms with Gasteiger partial charge in [0, 0.05) is 57.5 Å². The van der Waals surface area contributed by atoms with Crippen molar-refractivity contribution >= 4 is 5.91 Å². The third-order valence-corrected chi connectivity index (χ3v) is 6.52. The van der Waals surface area contributed by atoms with Crippen LogP contribution >= 0.6 is 0 Å². The molecular weight excluding hydrogens is 374 g/mol. The molecule has 2 aromatic heterocycles. The molecule has 4 heterocycles. The first-order chi connectivity index (χ1) is 14.7. The molecule has 1 atom stereocenters. The number of nitrogens with zero attached hydrogens (tertiary/aromatic N) is 5. The molecule has 1 amide bonds. The van der Waals surface area contributed by atoms with E-state index in [-0.39, 0.29) is 11.8 Å². The maximum atomic E-state index is 13.1. The monoisotopic (exact) mass is 407 g/mol. The highest BCUT2D eigenvalue weighted by molar-refractivity contribution is 5.78. The van der Waals surface area contributed by atoms with Crippen molar-refractivity contribution in [1.82, 2.24) is 24.7 Å². The zero-order valence-corrected chi connectivity index (χ0v) is 18.0. The van der Waals surface area contributed by atoms with Crippen LogP contribution < -0.4 is 0 Å². The van der Waals surface area contributed by atoms with Crippen LogP contribution in [0.3, 0.4) is 0 Å². The number of carbonyl (C=O) groups is 1. The molecule has 0 bridgehead atoms. The lowest BCUT2D eigenvalue weighted by molar-refractivity contribution is -0.137. The van der Waals surface area contributed by atoms with Crippen LogP contribution in [0.5, 0.6) is 0 Å². The van der Waals surface area contributed by atoms with Gasteiger partial charge in [0.05, 0.1) is 5.92 Å². The highest BCUT2D eigenvalue weighted by Crippen LogP contribution is 2.25. The van der Waals surface area contributed by atoms with Crippen LogP contribution in [0.15, 0.2) is 49.1 Å². The van der Waals surface area contributed by atoms with Crippen LogP contribution in [0.1, 0.15) is 36.8 Å². The first-order valence-corrected chi connectivity index (χ1v) is 11.2. The minimum Gasteiger partial charge on any atom is -0.341 e. The normalized spacial score (nSPS) is 21.4. The highest BCUT2D eigenvalue weighted by Gasteiger charge is 2.32. The Morgan fingerprint density at radius 2 is 1.73 bits per heavy atom. The quantitative estimate of drug-likeness (QED) is 0.737. The molecule has 4 rings (SSSR count). The molecule has 2 aliphatic rings. The van der Waals surface area contributed by atoms with E-state index in [0.717, 1.165) is 51.1 Å². The Balaban J connectivity index is 1.26. The minimum atomic E-state index is 0.119. The van der Waals surface area contributed by atoms with Crippen LogP contribution in [0.2, 0.25) is 0 Å². The number of carbonyl (C=O) groups excluding carboxylic acids is 1. The summed E-state index contributed by atoms with van der Waals surface area (Å²) in [6.07, 6.45) is 11.9. The fourth-order valence-corrected chi connectivity index (χ4v) is 4.89. The second-order valence-electron chi connectivity index (χ2n) is 8.76. The average molecular weight is 408 g/mol. The standard InChI is InChI=1S/C24H33N5O/c1-27(17-20-5-2-10-25-15-20)24(30)22-7-4-12-29(19-22)23-8-13-28(14-9-23)18-21-6-3-11-26-16-21/h2-3,5-6,10-11,15-16,22-23H,4,7-9,12-14,17-19H2,1H3/t22-/m1/s1. The van der Waals surface area contributed by atoms with Crippen molar-refractivity contribution in [3.05, 3.63) is 60.2 Å². The summed E-state index contributed by atoms with van der Waals surface area (Å²) in [5, 5.41) is 0. The molecule has 0 N–H and O–H groups in total. The number of rotatable bonds is 6. The third kappa shape index (κ3) is 5.43. The van der Waals surface area contributed by atoms with E-state index in [1.54, 1.807) is 6.20 Å². The number of piperidine rings is 2. The molecular formula is C24H33N5O. The van der Waals surface area contributed by atoms with Gasteiger partial charge in [-0.15, -0.1) is 0 Å². The van der Waals surface area contributed by atoms with Gasteiger partial charge in [-0.1, -0.05) is 12.1 Å². The summed E-state index contributed by atoms with van der Waals surface area (Å²) < 4.78 is 0. The Hall–Kier alpha value is -2.31. The Labute approximate surface area is 179 Å². The van der Waals surface area contributed by atoms with Crippen molar-refractivity contribution in [2.45, 2.75) is 44.8 Å². The van der Waals surface area contributed by atoms with E-state index in [9.17, 15) is 4.79 Å². The van der Waals surface area contributed by atoms with Gasteiger partial charge in [0.2, 0.25) is 5.91 Å². The molecule has 0 saturated carbocycles. The van der Waals surface area contributed by atoms with Crippen molar-refractivity contribution < 1.29 is 4.79 Å². The van der Waals surface area contributed by atoms with E-state index in [1.165, 1.54) is 18.4 Å². The van der Waals surface area contributed by atoms with Crippen molar-refractivity contribution in [1.29, 1.82) is 0 Å². The van der Waals surface area contributed by atoms with Crippen LogP contribution in [-0.2, 0) is 17.9 Å². The predicted molar refractivity (Wildman–Crippen MR) is 118 cm³/mol. The van der Waals surface area contributed by atoms with Gasteiger partial charge in [0.25, 0.3) is 0 Å². The van der Waals surface area contributed by atoms with Gasteiger partial charge < -0.3 is 4.90 Å². The molecule has 0 spiro atoms. The lowest BCUT2D eigenvalue weighted by atomic mass is 9.92. The summed E-state index contributed by atoms with van der Waals surface area (Å²) >= 11 is 0. The third-order valence-electron chi connectivity index (χ3n) is 6.52. The molecule has 0 radical (unpaired) electrons. The number of aromatic nitrogens is 2. The number of likely N-dealkylation sites (tertiary alicyclic amines) is 2. The van der Waals surface area contributed by atoms with Crippen molar-refractivity contribution in [3.8, 4) is 0 Å². The molecule has 2 fully saturated rings. The van der Waals surface area contributed by atoms with Gasteiger partial charge in [-0.05, 0) is 68.6 Å². The zero-order valence-electron chi connectivity index (χ0n) is 18.0. The molecule has 2 aliphatic heterocycles. The molecule has 0 aliphatic carbocycles. The maximum absolute atomic E-state index is 13.1. The SMILES string of the molecule is CN(Cc1cccnc1)C(=O)[C@@H]1CCCN(C2CCN(Cc3cccnc3)CC2)C1. The average Bonchev–Trinajstić information content (AvgIpc) is 2.80. The van der Waals surface area contributed by atoms with E-state index in [4.69, 9.17) is 0 Å². The molecule has 30 heavy (non-hydrogen) atoms. The second-order valence-corrected chi connectivity index (χ2v) is 8.76. The van der Waals surface area contributed by atoms with E-state index in [1.807, 2.05) is 48.7 Å². The van der Waals surface area contributed by atoms with Crippen LogP contribution in [0.25, 0.3) is 0 Å². The zero-order chi connectivity index (χ0) is 20.8. The molecule has 0 aromatic carbocycles. The Bertz CT molecular complexity index is 792. The number of amides is 1. The molecule has 6 nitrogen and oxygen atoms in total. The van der Waals surface area contributed by atoms with Gasteiger partial charge in [-0.2, -0.15) is 0 Å². The summed E-state index contributed by atoms with van der Waals surface area (Å²) in [4.78, 5) is 28.4. The lowest BCUT2D eigenvalue weighted by Crippen LogP contribution is -2.50. The first-order valence-electron chi connectivity index (χ1n) is 11.2. The molecule has 2 saturated heterocycles. The van der Waals surface area contributed by atoms with Crippen molar-refractivity contribution in [2.75, 3.05) is 33.2 Å². The first kappa shape index (κ1) is 20.9. The molecule has 6 heteroatoms. The van der Waals surface area contributed by atoms with Crippen LogP contribution in [0, 0.1) is 5.92 Å². The summed E-state index contributed by atoms with van der Waals surface area (Å²) in [6.45, 7) is 5.90. The minimum absolute atomic E-state index is 0.119. The van der Waals surface area contributed by atoms with E-state index in [2.05, 4.69) is 25.8 Å². The van der Waals surface area contributed by atoms with Crippen molar-refractivity contribution in [2.24, 2.45) is 5.92 Å².